The second-order valence-electron chi connectivity index (χ2n) is 18.7. The fourth-order valence-corrected chi connectivity index (χ4v) is 9.59. The van der Waals surface area contributed by atoms with E-state index < -0.39 is 11.6 Å². The average Bonchev–Trinajstić information content (AvgIpc) is 4.06. The molecular formula is C52H58N14O8. The van der Waals surface area contributed by atoms with Crippen molar-refractivity contribution in [2.45, 2.75) is 39.3 Å². The molecule has 22 heteroatoms. The van der Waals surface area contributed by atoms with E-state index in [-0.39, 0.29) is 46.5 Å². The largest absolute Gasteiger partial charge is 0.508 e. The maximum atomic E-state index is 13.2. The summed E-state index contributed by atoms with van der Waals surface area (Å²) in [7, 11) is 1.56. The van der Waals surface area contributed by atoms with Crippen molar-refractivity contribution < 1.29 is 34.0 Å². The predicted octanol–water partition coefficient (Wildman–Crippen LogP) is 4.57. The number of nitrogens with zero attached hydrogens (tertiary/aromatic N) is 11. The van der Waals surface area contributed by atoms with Gasteiger partial charge in [0, 0.05) is 108 Å². The lowest BCUT2D eigenvalue weighted by Gasteiger charge is -2.36. The molecule has 4 aromatic carbocycles. The number of benzene rings is 4. The van der Waals surface area contributed by atoms with Crippen molar-refractivity contribution in [2.24, 2.45) is 4.99 Å². The molecule has 3 aliphatic heterocycles. The number of aromatic hydroxyl groups is 2. The number of methoxy groups -OCH3 is 1. The number of H-pyrrole nitrogens is 1. The number of rotatable bonds is 14. The van der Waals surface area contributed by atoms with Crippen molar-refractivity contribution in [2.75, 3.05) is 95.1 Å². The van der Waals surface area contributed by atoms with Gasteiger partial charge in [0.25, 0.3) is 5.91 Å². The van der Waals surface area contributed by atoms with Crippen molar-refractivity contribution in [3.63, 3.8) is 0 Å². The summed E-state index contributed by atoms with van der Waals surface area (Å²) >= 11 is 0. The molecule has 2 fully saturated rings. The maximum Gasteiger partial charge on any atom is 0.415 e. The van der Waals surface area contributed by atoms with E-state index in [4.69, 9.17) is 24.9 Å². The van der Waals surface area contributed by atoms with Crippen LogP contribution >= 0.6 is 0 Å². The normalized spacial score (nSPS) is 15.4. The van der Waals surface area contributed by atoms with Crippen LogP contribution in [-0.4, -0.2) is 150 Å². The molecule has 6 N–H and O–H groups in total. The number of piperazine rings is 2. The SMILES string of the molecule is COc1c(OCCCN2CCN(C(=O)Oc3ccc(N4CCN(Cc5ccc(-n6c(-c7cc(C(C)C)c(O)cc7O)n[nH]c6=O)cc5)CC4)cc3)CC2)ccc2c3n(c(=NC(=O)c4cnc(N)nc4)nc12)CCN3. The fourth-order valence-electron chi connectivity index (χ4n) is 9.59. The Labute approximate surface area is 425 Å². The Bertz CT molecular complexity index is 3300. The lowest BCUT2D eigenvalue weighted by molar-refractivity contribution is 0.0995. The molecule has 0 unspecified atom stereocenters. The summed E-state index contributed by atoms with van der Waals surface area (Å²) in [6.45, 7) is 12.9. The van der Waals surface area contributed by atoms with Gasteiger partial charge in [-0.3, -0.25) is 19.2 Å². The number of fused-ring (bicyclic) bond motifs is 3. The number of hydrogen-bond donors (Lipinski definition) is 5. The quantitative estimate of drug-likeness (QED) is 0.0935. The molecule has 0 spiro atoms. The van der Waals surface area contributed by atoms with Crippen LogP contribution in [0.15, 0.2) is 95.0 Å². The summed E-state index contributed by atoms with van der Waals surface area (Å²) in [5.41, 5.74) is 9.83. The Balaban J connectivity index is 0.664. The van der Waals surface area contributed by atoms with Crippen LogP contribution in [0.4, 0.5) is 22.2 Å². The molecule has 74 heavy (non-hydrogen) atoms. The van der Waals surface area contributed by atoms with Crippen molar-refractivity contribution in [1.82, 2.24) is 49.0 Å². The number of nitrogens with one attached hydrogen (secondary N) is 2. The van der Waals surface area contributed by atoms with Crippen molar-refractivity contribution in [3.8, 4) is 45.8 Å². The van der Waals surface area contributed by atoms with Crippen LogP contribution < -0.4 is 41.5 Å². The summed E-state index contributed by atoms with van der Waals surface area (Å²) < 4.78 is 21.1. The summed E-state index contributed by atoms with van der Waals surface area (Å²) in [4.78, 5) is 64.8. The number of aromatic nitrogens is 7. The molecule has 0 saturated carbocycles. The molecule has 2 amide bonds. The van der Waals surface area contributed by atoms with Crippen LogP contribution in [0.2, 0.25) is 0 Å². The predicted molar refractivity (Wildman–Crippen MR) is 276 cm³/mol. The summed E-state index contributed by atoms with van der Waals surface area (Å²) in [6, 6.07) is 22.1. The highest BCUT2D eigenvalue weighted by Gasteiger charge is 2.26. The third kappa shape index (κ3) is 10.4. The topological polar surface area (TPSA) is 260 Å². The molecule has 0 aliphatic carbocycles. The number of phenols is 2. The zero-order valence-corrected chi connectivity index (χ0v) is 41.4. The van der Waals surface area contributed by atoms with E-state index in [1.807, 2.05) is 79.1 Å². The minimum Gasteiger partial charge on any atom is -0.508 e. The van der Waals surface area contributed by atoms with Gasteiger partial charge in [0.15, 0.2) is 17.3 Å². The molecule has 10 rings (SSSR count). The summed E-state index contributed by atoms with van der Waals surface area (Å²) in [5, 5.41) is 31.9. The van der Waals surface area contributed by atoms with Crippen LogP contribution in [0.5, 0.6) is 28.7 Å². The molecule has 0 radical (unpaired) electrons. The molecule has 384 valence electrons. The minimum atomic E-state index is -0.544. The number of hydrogen-bond acceptors (Lipinski definition) is 17. The van der Waals surface area contributed by atoms with Gasteiger partial charge < -0.3 is 45.3 Å². The van der Waals surface area contributed by atoms with Crippen molar-refractivity contribution >= 4 is 40.4 Å². The van der Waals surface area contributed by atoms with Gasteiger partial charge in [0.2, 0.25) is 11.6 Å². The molecular weight excluding hydrogens is 949 g/mol. The van der Waals surface area contributed by atoms with Crippen LogP contribution in [0.25, 0.3) is 28.0 Å². The van der Waals surface area contributed by atoms with E-state index in [0.29, 0.717) is 85.5 Å². The lowest BCUT2D eigenvalue weighted by Crippen LogP contribution is -2.49. The first-order valence-corrected chi connectivity index (χ1v) is 24.6. The molecule has 7 aromatic rings. The Morgan fingerprint density at radius 3 is 2.28 bits per heavy atom. The van der Waals surface area contributed by atoms with Gasteiger partial charge >= 0.3 is 11.8 Å². The van der Waals surface area contributed by atoms with E-state index in [1.165, 1.54) is 23.0 Å². The number of nitrogens with two attached hydrogens (primary N) is 1. The highest BCUT2D eigenvalue weighted by molar-refractivity contribution is 5.96. The van der Waals surface area contributed by atoms with E-state index in [2.05, 4.69) is 45.2 Å². The van der Waals surface area contributed by atoms with Crippen LogP contribution in [0, 0.1) is 0 Å². The third-order valence-electron chi connectivity index (χ3n) is 13.6. The van der Waals surface area contributed by atoms with E-state index >= 15 is 0 Å². The molecule has 6 heterocycles. The second kappa shape index (κ2) is 21.3. The first-order chi connectivity index (χ1) is 35.9. The lowest BCUT2D eigenvalue weighted by atomic mass is 9.98. The van der Waals surface area contributed by atoms with Crippen molar-refractivity contribution in [1.29, 1.82) is 0 Å². The number of amides is 2. The summed E-state index contributed by atoms with van der Waals surface area (Å²) in [5.74, 6) is 1.83. The first-order valence-electron chi connectivity index (χ1n) is 24.6. The Hall–Kier alpha value is -8.50. The fraction of sp³-hybridized carbons (Fsp3) is 0.346. The highest BCUT2D eigenvalue weighted by Crippen LogP contribution is 2.39. The average molecular weight is 1010 g/mol. The van der Waals surface area contributed by atoms with E-state index in [9.17, 15) is 24.6 Å². The number of nitrogen functional groups attached to an aromatic ring is 1. The molecule has 0 atom stereocenters. The van der Waals surface area contributed by atoms with Gasteiger partial charge in [-0.1, -0.05) is 26.0 Å². The number of aromatic amines is 1. The molecule has 0 bridgehead atoms. The number of phenolic OH excluding ortho intramolecular Hbond substituents is 2. The zero-order valence-electron chi connectivity index (χ0n) is 41.4. The second-order valence-corrected chi connectivity index (χ2v) is 18.7. The van der Waals surface area contributed by atoms with Crippen LogP contribution in [0.3, 0.4) is 0 Å². The van der Waals surface area contributed by atoms with Gasteiger partial charge in [-0.25, -0.2) is 34.2 Å². The van der Waals surface area contributed by atoms with Gasteiger partial charge in [0.05, 0.1) is 30.5 Å². The number of carbonyl (C=O) groups is 2. The third-order valence-corrected chi connectivity index (χ3v) is 13.6. The number of anilines is 3. The van der Waals surface area contributed by atoms with Crippen LogP contribution in [-0.2, 0) is 13.1 Å². The standard InChI is InChI=1S/C52H58N14O8/c1-32(2)39-27-40(42(68)28-41(39)67)47-59-60-51(70)66(47)36-7-5-33(6-8-36)31-62-20-22-63(23-21-62)35-9-11-37(12-10-35)74-52(71)64-24-18-61(19-25-64)16-4-26-73-43-14-13-38-44(45(43)72-3)57-50(65-17-15-54-46(38)65)58-48(69)34-29-55-49(53)56-30-34/h5-14,27-30,32,54,67-68H,4,15-26,31H2,1-3H3,(H,60,70)(H2,53,55,56). The zero-order chi connectivity index (χ0) is 51.5. The molecule has 2 saturated heterocycles. The van der Waals surface area contributed by atoms with E-state index in [1.54, 1.807) is 18.1 Å². The minimum absolute atomic E-state index is 0.00489. The van der Waals surface area contributed by atoms with Crippen molar-refractivity contribution in [3.05, 3.63) is 118 Å². The van der Waals surface area contributed by atoms with Gasteiger partial charge in [0.1, 0.15) is 28.6 Å². The molecule has 3 aromatic heterocycles. The Morgan fingerprint density at radius 1 is 0.851 bits per heavy atom. The molecule has 22 nitrogen and oxygen atoms in total. The first kappa shape index (κ1) is 49.1. The Kier molecular flexibility index (Phi) is 14.1. The smallest absolute Gasteiger partial charge is 0.415 e. The Morgan fingerprint density at radius 2 is 1.57 bits per heavy atom. The van der Waals surface area contributed by atoms with Gasteiger partial charge in [-0.15, -0.1) is 0 Å². The monoisotopic (exact) mass is 1010 g/mol. The maximum absolute atomic E-state index is 13.2. The van der Waals surface area contributed by atoms with Crippen LogP contribution in [0.1, 0.15) is 47.7 Å². The van der Waals surface area contributed by atoms with Gasteiger partial charge in [-0.05, 0) is 78.1 Å². The number of ether oxygens (including phenoxy) is 3. The highest BCUT2D eigenvalue weighted by atomic mass is 16.6. The van der Waals surface area contributed by atoms with Gasteiger partial charge in [-0.2, -0.15) is 10.1 Å². The van der Waals surface area contributed by atoms with E-state index in [0.717, 1.165) is 68.1 Å². The molecule has 3 aliphatic rings. The summed E-state index contributed by atoms with van der Waals surface area (Å²) in [6.07, 6.45) is 3.04. The number of carbonyl (C=O) groups excluding carboxylic acids is 2.